The van der Waals surface area contributed by atoms with E-state index >= 15 is 0 Å². The molecule has 3 aromatic rings. The fourth-order valence-electron chi connectivity index (χ4n) is 2.67. The molecule has 3 N–H and O–H groups in total. The number of amides is 1. The number of benzene rings is 2. The second-order valence-electron chi connectivity index (χ2n) is 5.89. The average Bonchev–Trinajstić information content (AvgIpc) is 2.92. The van der Waals surface area contributed by atoms with Gasteiger partial charge in [-0.05, 0) is 50.6 Å². The van der Waals surface area contributed by atoms with Crippen LogP contribution in [-0.4, -0.2) is 15.7 Å². The number of carbonyl (C=O) groups excluding carboxylic acids is 1. The van der Waals surface area contributed by atoms with E-state index in [9.17, 15) is 4.79 Å². The van der Waals surface area contributed by atoms with Gasteiger partial charge in [-0.25, -0.2) is 0 Å². The summed E-state index contributed by atoms with van der Waals surface area (Å²) in [5.74, 6) is -0.107. The largest absolute Gasteiger partial charge is 0.399 e. The topological polar surface area (TPSA) is 72.9 Å². The molecule has 1 atom stereocenters. The SMILES string of the molecule is Cc1ccc(NC(=O)C(C)n2ncc3ccc(N)cc32)c(C)c1. The molecule has 1 heterocycles. The van der Waals surface area contributed by atoms with Crippen molar-refractivity contribution in [2.45, 2.75) is 26.8 Å². The average molecular weight is 308 g/mol. The van der Waals surface area contributed by atoms with E-state index < -0.39 is 6.04 Å². The van der Waals surface area contributed by atoms with Gasteiger partial charge in [0, 0.05) is 16.8 Å². The van der Waals surface area contributed by atoms with Gasteiger partial charge in [0.2, 0.25) is 5.91 Å². The molecule has 0 saturated heterocycles. The molecule has 0 spiro atoms. The molecule has 0 aliphatic rings. The number of nitrogens with one attached hydrogen (secondary N) is 1. The molecule has 118 valence electrons. The fraction of sp³-hybridized carbons (Fsp3) is 0.222. The lowest BCUT2D eigenvalue weighted by Gasteiger charge is -2.15. The lowest BCUT2D eigenvalue weighted by Crippen LogP contribution is -2.24. The van der Waals surface area contributed by atoms with Crippen LogP contribution in [0.4, 0.5) is 11.4 Å². The van der Waals surface area contributed by atoms with Crippen molar-refractivity contribution >= 4 is 28.2 Å². The maximum atomic E-state index is 12.6. The van der Waals surface area contributed by atoms with Crippen molar-refractivity contribution in [3.05, 3.63) is 53.7 Å². The lowest BCUT2D eigenvalue weighted by atomic mass is 10.1. The van der Waals surface area contributed by atoms with Crippen molar-refractivity contribution < 1.29 is 4.79 Å². The van der Waals surface area contributed by atoms with Crippen LogP contribution >= 0.6 is 0 Å². The second-order valence-corrected chi connectivity index (χ2v) is 5.89. The van der Waals surface area contributed by atoms with Crippen LogP contribution in [0.2, 0.25) is 0 Å². The van der Waals surface area contributed by atoms with Gasteiger partial charge in [-0.2, -0.15) is 5.10 Å². The molecular weight excluding hydrogens is 288 g/mol. The van der Waals surface area contributed by atoms with Crippen molar-refractivity contribution in [1.82, 2.24) is 9.78 Å². The summed E-state index contributed by atoms with van der Waals surface area (Å²) < 4.78 is 1.70. The first kappa shape index (κ1) is 15.1. The molecule has 1 amide bonds. The van der Waals surface area contributed by atoms with Gasteiger partial charge >= 0.3 is 0 Å². The van der Waals surface area contributed by atoms with Crippen molar-refractivity contribution in [3.63, 3.8) is 0 Å². The van der Waals surface area contributed by atoms with Crippen LogP contribution in [0, 0.1) is 13.8 Å². The van der Waals surface area contributed by atoms with Crippen LogP contribution < -0.4 is 11.1 Å². The Morgan fingerprint density at radius 2 is 2.00 bits per heavy atom. The van der Waals surface area contributed by atoms with E-state index in [-0.39, 0.29) is 5.91 Å². The molecule has 0 saturated carbocycles. The van der Waals surface area contributed by atoms with E-state index in [0.29, 0.717) is 5.69 Å². The van der Waals surface area contributed by atoms with Crippen molar-refractivity contribution in [2.24, 2.45) is 0 Å². The summed E-state index contributed by atoms with van der Waals surface area (Å²) in [6.45, 7) is 5.84. The molecule has 5 heteroatoms. The number of anilines is 2. The van der Waals surface area contributed by atoms with Crippen LogP contribution in [0.5, 0.6) is 0 Å². The number of nitrogen functional groups attached to an aromatic ring is 1. The zero-order chi connectivity index (χ0) is 16.6. The third-order valence-corrected chi connectivity index (χ3v) is 4.01. The molecule has 1 aromatic heterocycles. The summed E-state index contributed by atoms with van der Waals surface area (Å²) in [6, 6.07) is 11.1. The lowest BCUT2D eigenvalue weighted by molar-refractivity contribution is -0.119. The second kappa shape index (κ2) is 5.76. The summed E-state index contributed by atoms with van der Waals surface area (Å²) >= 11 is 0. The van der Waals surface area contributed by atoms with Gasteiger partial charge in [0.05, 0.1) is 11.7 Å². The molecule has 0 radical (unpaired) electrons. The summed E-state index contributed by atoms with van der Waals surface area (Å²) in [5.41, 5.74) is 10.4. The minimum Gasteiger partial charge on any atom is -0.399 e. The number of aromatic nitrogens is 2. The molecule has 0 bridgehead atoms. The number of rotatable bonds is 3. The summed E-state index contributed by atoms with van der Waals surface area (Å²) in [5, 5.41) is 8.27. The minimum absolute atomic E-state index is 0.107. The maximum absolute atomic E-state index is 12.6. The van der Waals surface area contributed by atoms with Crippen molar-refractivity contribution in [2.75, 3.05) is 11.1 Å². The zero-order valence-electron chi connectivity index (χ0n) is 13.5. The summed E-state index contributed by atoms with van der Waals surface area (Å²) in [4.78, 5) is 12.6. The van der Waals surface area contributed by atoms with Gasteiger partial charge < -0.3 is 11.1 Å². The monoisotopic (exact) mass is 308 g/mol. The number of hydrogen-bond donors (Lipinski definition) is 2. The Morgan fingerprint density at radius 1 is 1.22 bits per heavy atom. The van der Waals surface area contributed by atoms with Gasteiger partial charge in [0.25, 0.3) is 0 Å². The molecular formula is C18H20N4O. The van der Waals surface area contributed by atoms with Gasteiger partial charge in [-0.1, -0.05) is 17.7 Å². The third kappa shape index (κ3) is 2.90. The molecule has 3 rings (SSSR count). The van der Waals surface area contributed by atoms with E-state index in [1.165, 1.54) is 5.56 Å². The number of nitrogens with zero attached hydrogens (tertiary/aromatic N) is 2. The van der Waals surface area contributed by atoms with E-state index in [2.05, 4.69) is 10.4 Å². The summed E-state index contributed by atoms with van der Waals surface area (Å²) in [6.07, 6.45) is 1.75. The number of fused-ring (bicyclic) bond motifs is 1. The van der Waals surface area contributed by atoms with Gasteiger partial charge in [-0.15, -0.1) is 0 Å². The molecule has 2 aromatic carbocycles. The third-order valence-electron chi connectivity index (χ3n) is 4.01. The Morgan fingerprint density at radius 3 is 2.74 bits per heavy atom. The first-order chi connectivity index (χ1) is 11.0. The fourth-order valence-corrected chi connectivity index (χ4v) is 2.67. The smallest absolute Gasteiger partial charge is 0.248 e. The molecule has 0 fully saturated rings. The van der Waals surface area contributed by atoms with E-state index in [1.54, 1.807) is 10.9 Å². The standard InChI is InChI=1S/C18H20N4O/c1-11-4-7-16(12(2)8-11)21-18(23)13(3)22-17-9-15(19)6-5-14(17)10-20-22/h4-10,13H,19H2,1-3H3,(H,21,23). The zero-order valence-corrected chi connectivity index (χ0v) is 13.5. The number of carbonyl (C=O) groups is 1. The molecule has 0 aliphatic heterocycles. The van der Waals surface area contributed by atoms with Crippen LogP contribution in [0.1, 0.15) is 24.1 Å². The molecule has 23 heavy (non-hydrogen) atoms. The first-order valence-corrected chi connectivity index (χ1v) is 7.56. The highest BCUT2D eigenvalue weighted by Gasteiger charge is 2.18. The highest BCUT2D eigenvalue weighted by atomic mass is 16.2. The van der Waals surface area contributed by atoms with Gasteiger partial charge in [0.1, 0.15) is 6.04 Å². The van der Waals surface area contributed by atoms with Crippen molar-refractivity contribution in [1.29, 1.82) is 0 Å². The normalized spacial score (nSPS) is 12.3. The minimum atomic E-state index is -0.435. The molecule has 1 unspecified atom stereocenters. The molecule has 0 aliphatic carbocycles. The predicted molar refractivity (Wildman–Crippen MR) is 93.4 cm³/mol. The highest BCUT2D eigenvalue weighted by Crippen LogP contribution is 2.22. The highest BCUT2D eigenvalue weighted by molar-refractivity contribution is 5.95. The molecule has 5 nitrogen and oxygen atoms in total. The number of nitrogens with two attached hydrogens (primary N) is 1. The number of aryl methyl sites for hydroxylation is 2. The Hall–Kier alpha value is -2.82. The van der Waals surface area contributed by atoms with Crippen LogP contribution in [0.25, 0.3) is 10.9 Å². The van der Waals surface area contributed by atoms with Gasteiger partial charge in [-0.3, -0.25) is 9.48 Å². The van der Waals surface area contributed by atoms with E-state index in [0.717, 1.165) is 22.2 Å². The maximum Gasteiger partial charge on any atom is 0.248 e. The van der Waals surface area contributed by atoms with Crippen LogP contribution in [0.15, 0.2) is 42.6 Å². The Bertz CT molecular complexity index is 882. The Balaban J connectivity index is 1.88. The van der Waals surface area contributed by atoms with Crippen LogP contribution in [-0.2, 0) is 4.79 Å². The van der Waals surface area contributed by atoms with Gasteiger partial charge in [0.15, 0.2) is 0 Å². The van der Waals surface area contributed by atoms with Crippen molar-refractivity contribution in [3.8, 4) is 0 Å². The van der Waals surface area contributed by atoms with E-state index in [1.807, 2.05) is 57.2 Å². The van der Waals surface area contributed by atoms with E-state index in [4.69, 9.17) is 5.73 Å². The predicted octanol–water partition coefficient (Wildman–Crippen LogP) is 3.44. The van der Waals surface area contributed by atoms with Crippen LogP contribution in [0.3, 0.4) is 0 Å². The Labute approximate surface area is 135 Å². The number of hydrogen-bond acceptors (Lipinski definition) is 3. The first-order valence-electron chi connectivity index (χ1n) is 7.56. The summed E-state index contributed by atoms with van der Waals surface area (Å²) in [7, 11) is 0. The Kier molecular flexibility index (Phi) is 3.78. The quantitative estimate of drug-likeness (QED) is 0.728.